The lowest BCUT2D eigenvalue weighted by Crippen LogP contribution is -2.27. The number of hydrogen-bond acceptors (Lipinski definition) is 2. The molecular formula is C8H3BrF5NO2. The van der Waals surface area contributed by atoms with Gasteiger partial charge in [0.1, 0.15) is 10.3 Å². The molecule has 1 rings (SSSR count). The highest BCUT2D eigenvalue weighted by atomic mass is 79.9. The second-order valence-electron chi connectivity index (χ2n) is 2.91. The molecule has 0 saturated heterocycles. The normalized spacial score (nSPS) is 12.6. The second-order valence-corrected chi connectivity index (χ2v) is 3.66. The molecule has 0 aliphatic carbocycles. The van der Waals surface area contributed by atoms with Crippen LogP contribution in [0.5, 0.6) is 0 Å². The lowest BCUT2D eigenvalue weighted by atomic mass is 10.2. The van der Waals surface area contributed by atoms with Crippen molar-refractivity contribution in [2.24, 2.45) is 0 Å². The molecule has 0 atom stereocenters. The van der Waals surface area contributed by atoms with Crippen LogP contribution in [0.15, 0.2) is 16.7 Å². The van der Waals surface area contributed by atoms with Crippen LogP contribution in [0, 0.1) is 0 Å². The van der Waals surface area contributed by atoms with Crippen molar-refractivity contribution in [1.29, 1.82) is 0 Å². The molecule has 1 aromatic heterocycles. The molecule has 0 spiro atoms. The van der Waals surface area contributed by atoms with E-state index in [9.17, 15) is 26.7 Å². The Morgan fingerprint density at radius 2 is 1.76 bits per heavy atom. The molecule has 0 aromatic carbocycles. The number of carboxylic acids is 1. The highest BCUT2D eigenvalue weighted by Gasteiger charge is 2.44. The Kier molecular flexibility index (Phi) is 3.42. The van der Waals surface area contributed by atoms with Gasteiger partial charge in [-0.3, -0.25) is 0 Å². The minimum atomic E-state index is -4.76. The third-order valence-corrected chi connectivity index (χ3v) is 2.35. The molecule has 3 nitrogen and oxygen atoms in total. The van der Waals surface area contributed by atoms with Gasteiger partial charge in [0.25, 0.3) is 0 Å². The number of aromatic nitrogens is 1. The SMILES string of the molecule is O=C(O)C(F)(F)c1ccc(C(F)(F)F)c(Br)n1. The van der Waals surface area contributed by atoms with E-state index < -0.39 is 33.9 Å². The molecule has 0 unspecified atom stereocenters. The average molecular weight is 320 g/mol. The summed E-state index contributed by atoms with van der Waals surface area (Å²) in [6, 6.07) is 0.658. The zero-order valence-corrected chi connectivity index (χ0v) is 9.31. The summed E-state index contributed by atoms with van der Waals surface area (Å²) in [4.78, 5) is 13.1. The van der Waals surface area contributed by atoms with Gasteiger partial charge in [-0.1, -0.05) is 0 Å². The molecule has 94 valence electrons. The molecule has 1 aromatic rings. The molecule has 0 amide bonds. The van der Waals surface area contributed by atoms with Crippen molar-refractivity contribution in [1.82, 2.24) is 4.98 Å². The Bertz CT molecular complexity index is 460. The van der Waals surface area contributed by atoms with Gasteiger partial charge in [0.05, 0.1) is 5.56 Å². The number of alkyl halides is 5. The van der Waals surface area contributed by atoms with E-state index in [0.29, 0.717) is 12.1 Å². The maximum absolute atomic E-state index is 12.9. The molecule has 9 heteroatoms. The van der Waals surface area contributed by atoms with E-state index in [1.54, 1.807) is 0 Å². The predicted octanol–water partition coefficient (Wildman–Crippen LogP) is 3.04. The first-order valence-electron chi connectivity index (χ1n) is 3.92. The topological polar surface area (TPSA) is 50.2 Å². The molecule has 0 aliphatic heterocycles. The molecule has 0 saturated carbocycles. The summed E-state index contributed by atoms with van der Waals surface area (Å²) in [6.07, 6.45) is -4.76. The molecule has 0 radical (unpaired) electrons. The van der Waals surface area contributed by atoms with Crippen LogP contribution >= 0.6 is 15.9 Å². The van der Waals surface area contributed by atoms with E-state index in [2.05, 4.69) is 20.9 Å². The van der Waals surface area contributed by atoms with E-state index in [4.69, 9.17) is 5.11 Å². The van der Waals surface area contributed by atoms with Gasteiger partial charge in [-0.2, -0.15) is 22.0 Å². The van der Waals surface area contributed by atoms with Crippen molar-refractivity contribution < 1.29 is 31.9 Å². The molecule has 0 fully saturated rings. The lowest BCUT2D eigenvalue weighted by molar-refractivity contribution is -0.167. The van der Waals surface area contributed by atoms with E-state index in [1.807, 2.05) is 0 Å². The van der Waals surface area contributed by atoms with Gasteiger partial charge in [-0.05, 0) is 28.1 Å². The summed E-state index contributed by atoms with van der Waals surface area (Å²) < 4.78 is 61.7. The number of halogens is 6. The van der Waals surface area contributed by atoms with Crippen LogP contribution in [-0.4, -0.2) is 16.1 Å². The third kappa shape index (κ3) is 2.71. The summed E-state index contributed by atoms with van der Waals surface area (Å²) in [6.45, 7) is 0. The number of rotatable bonds is 2. The summed E-state index contributed by atoms with van der Waals surface area (Å²) in [7, 11) is 0. The standard InChI is InChI=1S/C8H3BrF5NO2/c9-5-3(8(12,13)14)1-2-4(15-5)7(10,11)6(16)17/h1-2H,(H,16,17). The molecule has 1 N–H and O–H groups in total. The molecular weight excluding hydrogens is 317 g/mol. The Balaban J connectivity index is 3.27. The first-order valence-corrected chi connectivity index (χ1v) is 4.71. The zero-order chi connectivity index (χ0) is 13.4. The van der Waals surface area contributed by atoms with E-state index >= 15 is 0 Å². The monoisotopic (exact) mass is 319 g/mol. The number of nitrogens with zero attached hydrogens (tertiary/aromatic N) is 1. The Hall–Kier alpha value is -1.25. The Morgan fingerprint density at radius 1 is 1.24 bits per heavy atom. The van der Waals surface area contributed by atoms with Crippen LogP contribution in [0.1, 0.15) is 11.3 Å². The van der Waals surface area contributed by atoms with E-state index in [-0.39, 0.29) is 0 Å². The fraction of sp³-hybridized carbons (Fsp3) is 0.250. The number of hydrogen-bond donors (Lipinski definition) is 1. The van der Waals surface area contributed by atoms with Gasteiger partial charge in [0, 0.05) is 0 Å². The number of carboxylic acid groups (broad SMARTS) is 1. The van der Waals surface area contributed by atoms with Crippen molar-refractivity contribution in [2.45, 2.75) is 12.1 Å². The van der Waals surface area contributed by atoms with E-state index in [1.165, 1.54) is 0 Å². The van der Waals surface area contributed by atoms with Crippen LogP contribution < -0.4 is 0 Å². The van der Waals surface area contributed by atoms with Gasteiger partial charge in [-0.15, -0.1) is 0 Å². The van der Waals surface area contributed by atoms with Crippen molar-refractivity contribution >= 4 is 21.9 Å². The van der Waals surface area contributed by atoms with Gasteiger partial charge >= 0.3 is 18.1 Å². The fourth-order valence-corrected chi connectivity index (χ4v) is 1.48. The smallest absolute Gasteiger partial charge is 0.419 e. The quantitative estimate of drug-likeness (QED) is 0.673. The van der Waals surface area contributed by atoms with Crippen LogP contribution in [0.25, 0.3) is 0 Å². The van der Waals surface area contributed by atoms with Crippen molar-refractivity contribution in [3.63, 3.8) is 0 Å². The van der Waals surface area contributed by atoms with Crippen molar-refractivity contribution in [3.8, 4) is 0 Å². The maximum atomic E-state index is 12.9. The summed E-state index contributed by atoms with van der Waals surface area (Å²) >= 11 is 2.37. The summed E-state index contributed by atoms with van der Waals surface area (Å²) in [5.41, 5.74) is -2.53. The number of aliphatic carboxylic acids is 1. The van der Waals surface area contributed by atoms with Gasteiger partial charge < -0.3 is 5.11 Å². The van der Waals surface area contributed by atoms with Crippen LogP contribution in [0.2, 0.25) is 0 Å². The molecule has 17 heavy (non-hydrogen) atoms. The van der Waals surface area contributed by atoms with Crippen LogP contribution in [0.3, 0.4) is 0 Å². The number of pyridine rings is 1. The zero-order valence-electron chi connectivity index (χ0n) is 7.73. The highest BCUT2D eigenvalue weighted by Crippen LogP contribution is 2.36. The van der Waals surface area contributed by atoms with Crippen molar-refractivity contribution in [2.75, 3.05) is 0 Å². The highest BCUT2D eigenvalue weighted by molar-refractivity contribution is 9.10. The number of carbonyl (C=O) groups is 1. The van der Waals surface area contributed by atoms with Crippen LogP contribution in [0.4, 0.5) is 22.0 Å². The molecule has 0 aliphatic rings. The van der Waals surface area contributed by atoms with Crippen LogP contribution in [-0.2, 0) is 16.9 Å². The van der Waals surface area contributed by atoms with Gasteiger partial charge in [0.2, 0.25) is 0 Å². The van der Waals surface area contributed by atoms with Gasteiger partial charge in [-0.25, -0.2) is 9.78 Å². The molecule has 1 heterocycles. The van der Waals surface area contributed by atoms with E-state index in [0.717, 1.165) is 0 Å². The fourth-order valence-electron chi connectivity index (χ4n) is 0.930. The summed E-state index contributed by atoms with van der Waals surface area (Å²) in [5, 5.41) is 8.19. The second kappa shape index (κ2) is 4.21. The average Bonchev–Trinajstić information content (AvgIpc) is 2.15. The Morgan fingerprint density at radius 3 is 2.12 bits per heavy atom. The lowest BCUT2D eigenvalue weighted by Gasteiger charge is -2.13. The van der Waals surface area contributed by atoms with Gasteiger partial charge in [0.15, 0.2) is 0 Å². The minimum absolute atomic E-state index is 0.321. The third-order valence-electron chi connectivity index (χ3n) is 1.74. The first-order chi connectivity index (χ1) is 7.56. The maximum Gasteiger partial charge on any atom is 0.419 e. The predicted molar refractivity (Wildman–Crippen MR) is 48.5 cm³/mol. The summed E-state index contributed by atoms with van der Waals surface area (Å²) in [5.74, 6) is -6.83. The largest absolute Gasteiger partial charge is 0.476 e. The first kappa shape index (κ1) is 13.8. The molecule has 0 bridgehead atoms. The minimum Gasteiger partial charge on any atom is -0.476 e. The Labute approximate surface area is 99.4 Å². The van der Waals surface area contributed by atoms with Crippen molar-refractivity contribution in [3.05, 3.63) is 28.0 Å².